The monoisotopic (exact) mass is 215 g/mol. The van der Waals surface area contributed by atoms with E-state index in [-0.39, 0.29) is 29.9 Å². The molecule has 0 aliphatic carbocycles. The van der Waals surface area contributed by atoms with Gasteiger partial charge in [0.25, 0.3) is 0 Å². The van der Waals surface area contributed by atoms with Gasteiger partial charge in [-0.3, -0.25) is 4.79 Å². The molecule has 0 aliphatic rings. The first kappa shape index (κ1) is 14.4. The molecule has 15 heavy (non-hydrogen) atoms. The summed E-state index contributed by atoms with van der Waals surface area (Å²) in [5.41, 5.74) is -0.101. The van der Waals surface area contributed by atoms with Gasteiger partial charge in [-0.2, -0.15) is 0 Å². The van der Waals surface area contributed by atoms with Gasteiger partial charge >= 0.3 is 0 Å². The third-order valence-electron chi connectivity index (χ3n) is 2.71. The molecule has 0 heterocycles. The highest BCUT2D eigenvalue weighted by Crippen LogP contribution is 2.19. The molecule has 0 fully saturated rings. The number of amides is 1. The van der Waals surface area contributed by atoms with Crippen molar-refractivity contribution in [2.75, 3.05) is 6.61 Å². The molecular formula is C12H25NO2. The fourth-order valence-electron chi connectivity index (χ4n) is 1.41. The number of aliphatic hydroxyl groups is 1. The zero-order chi connectivity index (χ0) is 12.1. The van der Waals surface area contributed by atoms with Gasteiger partial charge in [-0.15, -0.1) is 0 Å². The van der Waals surface area contributed by atoms with Crippen LogP contribution < -0.4 is 5.32 Å². The Morgan fingerprint density at radius 2 is 1.93 bits per heavy atom. The van der Waals surface area contributed by atoms with Crippen LogP contribution in [0.1, 0.15) is 47.5 Å². The Hall–Kier alpha value is -0.570. The van der Waals surface area contributed by atoms with Crippen molar-refractivity contribution in [1.29, 1.82) is 0 Å². The van der Waals surface area contributed by atoms with Gasteiger partial charge < -0.3 is 10.4 Å². The molecule has 0 aromatic rings. The predicted octanol–water partition coefficient (Wildman–Crippen LogP) is 1.95. The van der Waals surface area contributed by atoms with Crippen LogP contribution in [0, 0.1) is 11.3 Å². The van der Waals surface area contributed by atoms with E-state index < -0.39 is 0 Å². The summed E-state index contributed by atoms with van der Waals surface area (Å²) in [6.45, 7) is 10.0. The van der Waals surface area contributed by atoms with E-state index in [4.69, 9.17) is 0 Å². The molecule has 3 heteroatoms. The molecule has 2 N–H and O–H groups in total. The Bertz CT molecular complexity index is 196. The number of hydrogen-bond donors (Lipinski definition) is 2. The number of carbonyl (C=O) groups is 1. The number of hydrogen-bond acceptors (Lipinski definition) is 2. The average molecular weight is 215 g/mol. The van der Waals surface area contributed by atoms with Crippen LogP contribution in [0.5, 0.6) is 0 Å². The summed E-state index contributed by atoms with van der Waals surface area (Å²) in [6, 6.07) is -0.163. The predicted molar refractivity (Wildman–Crippen MR) is 62.5 cm³/mol. The van der Waals surface area contributed by atoms with E-state index in [1.54, 1.807) is 0 Å². The SMILES string of the molecule is CCCC(C)C(=O)N[C@H](CO)C(C)(C)C. The van der Waals surface area contributed by atoms with E-state index in [1.165, 1.54) is 0 Å². The average Bonchev–Trinajstić information content (AvgIpc) is 2.12. The van der Waals surface area contributed by atoms with E-state index in [0.717, 1.165) is 12.8 Å². The lowest BCUT2D eigenvalue weighted by atomic mass is 9.87. The fourth-order valence-corrected chi connectivity index (χ4v) is 1.41. The summed E-state index contributed by atoms with van der Waals surface area (Å²) in [4.78, 5) is 11.7. The maximum Gasteiger partial charge on any atom is 0.223 e. The lowest BCUT2D eigenvalue weighted by Crippen LogP contribution is -2.47. The van der Waals surface area contributed by atoms with Crippen molar-refractivity contribution in [3.05, 3.63) is 0 Å². The normalized spacial score (nSPS) is 15.9. The van der Waals surface area contributed by atoms with Crippen molar-refractivity contribution in [1.82, 2.24) is 5.32 Å². The number of nitrogens with one attached hydrogen (secondary N) is 1. The molecule has 0 saturated carbocycles. The Balaban J connectivity index is 4.25. The molecule has 90 valence electrons. The van der Waals surface area contributed by atoms with E-state index in [2.05, 4.69) is 12.2 Å². The molecule has 1 unspecified atom stereocenters. The maximum atomic E-state index is 11.7. The minimum Gasteiger partial charge on any atom is -0.394 e. The van der Waals surface area contributed by atoms with Crippen LogP contribution in [-0.2, 0) is 4.79 Å². The van der Waals surface area contributed by atoms with Crippen molar-refractivity contribution < 1.29 is 9.90 Å². The maximum absolute atomic E-state index is 11.7. The topological polar surface area (TPSA) is 49.3 Å². The van der Waals surface area contributed by atoms with Gasteiger partial charge in [0, 0.05) is 5.92 Å². The number of aliphatic hydroxyl groups excluding tert-OH is 1. The summed E-state index contributed by atoms with van der Waals surface area (Å²) in [6.07, 6.45) is 1.90. The molecule has 0 aromatic carbocycles. The summed E-state index contributed by atoms with van der Waals surface area (Å²) in [7, 11) is 0. The molecule has 0 radical (unpaired) electrons. The van der Waals surface area contributed by atoms with Gasteiger partial charge in [0.15, 0.2) is 0 Å². The van der Waals surface area contributed by atoms with Crippen molar-refractivity contribution in [3.63, 3.8) is 0 Å². The van der Waals surface area contributed by atoms with E-state index in [9.17, 15) is 9.90 Å². The lowest BCUT2D eigenvalue weighted by molar-refractivity contribution is -0.126. The smallest absolute Gasteiger partial charge is 0.223 e. The summed E-state index contributed by atoms with van der Waals surface area (Å²) < 4.78 is 0. The highest BCUT2D eigenvalue weighted by atomic mass is 16.3. The molecular weight excluding hydrogens is 190 g/mol. The van der Waals surface area contributed by atoms with Gasteiger partial charge in [0.2, 0.25) is 5.91 Å². The third-order valence-corrected chi connectivity index (χ3v) is 2.71. The Labute approximate surface area is 93.3 Å². The minimum absolute atomic E-state index is 0.00587. The molecule has 0 bridgehead atoms. The van der Waals surface area contributed by atoms with Crippen LogP contribution in [0.25, 0.3) is 0 Å². The Kier molecular flexibility index (Phi) is 5.88. The van der Waals surface area contributed by atoms with Crippen LogP contribution in [-0.4, -0.2) is 23.7 Å². The van der Waals surface area contributed by atoms with Crippen LogP contribution in [0.2, 0.25) is 0 Å². The highest BCUT2D eigenvalue weighted by Gasteiger charge is 2.26. The third kappa shape index (κ3) is 5.17. The second kappa shape index (κ2) is 6.11. The molecule has 0 rings (SSSR count). The van der Waals surface area contributed by atoms with Crippen LogP contribution in [0.3, 0.4) is 0 Å². The summed E-state index contributed by atoms with van der Waals surface area (Å²) >= 11 is 0. The lowest BCUT2D eigenvalue weighted by Gasteiger charge is -2.30. The fraction of sp³-hybridized carbons (Fsp3) is 0.917. The van der Waals surface area contributed by atoms with Crippen LogP contribution >= 0.6 is 0 Å². The van der Waals surface area contributed by atoms with Gasteiger partial charge in [0.05, 0.1) is 12.6 Å². The molecule has 0 aliphatic heterocycles. The van der Waals surface area contributed by atoms with Crippen molar-refractivity contribution in [2.45, 2.75) is 53.5 Å². The number of rotatable bonds is 5. The van der Waals surface area contributed by atoms with E-state index in [0.29, 0.717) is 0 Å². The summed E-state index contributed by atoms with van der Waals surface area (Å²) in [5, 5.41) is 12.1. The van der Waals surface area contributed by atoms with Gasteiger partial charge in [-0.05, 0) is 11.8 Å². The molecule has 3 nitrogen and oxygen atoms in total. The standard InChI is InChI=1S/C12H25NO2/c1-6-7-9(2)11(15)13-10(8-14)12(3,4)5/h9-10,14H,6-8H2,1-5H3,(H,13,15)/t9?,10-/m1/s1. The van der Waals surface area contributed by atoms with Crippen molar-refractivity contribution in [3.8, 4) is 0 Å². The highest BCUT2D eigenvalue weighted by molar-refractivity contribution is 5.78. The van der Waals surface area contributed by atoms with E-state index >= 15 is 0 Å². The first-order valence-electron chi connectivity index (χ1n) is 5.74. The van der Waals surface area contributed by atoms with E-state index in [1.807, 2.05) is 27.7 Å². The largest absolute Gasteiger partial charge is 0.394 e. The molecule has 0 aromatic heterocycles. The van der Waals surface area contributed by atoms with Crippen molar-refractivity contribution >= 4 is 5.91 Å². The second-order valence-electron chi connectivity index (χ2n) is 5.30. The van der Waals surface area contributed by atoms with Crippen LogP contribution in [0.4, 0.5) is 0 Å². The Morgan fingerprint density at radius 1 is 1.40 bits per heavy atom. The van der Waals surface area contributed by atoms with Crippen molar-refractivity contribution in [2.24, 2.45) is 11.3 Å². The number of carbonyl (C=O) groups excluding carboxylic acids is 1. The quantitative estimate of drug-likeness (QED) is 0.736. The van der Waals surface area contributed by atoms with Crippen LogP contribution in [0.15, 0.2) is 0 Å². The molecule has 2 atom stereocenters. The molecule has 0 spiro atoms. The second-order valence-corrected chi connectivity index (χ2v) is 5.30. The first-order valence-corrected chi connectivity index (χ1v) is 5.74. The van der Waals surface area contributed by atoms with Gasteiger partial charge in [-0.25, -0.2) is 0 Å². The zero-order valence-corrected chi connectivity index (χ0v) is 10.6. The summed E-state index contributed by atoms with van der Waals surface area (Å²) in [5.74, 6) is 0.0808. The Morgan fingerprint density at radius 3 is 2.27 bits per heavy atom. The minimum atomic E-state index is -0.163. The zero-order valence-electron chi connectivity index (χ0n) is 10.6. The van der Waals surface area contributed by atoms with Gasteiger partial charge in [0.1, 0.15) is 0 Å². The first-order chi connectivity index (χ1) is 6.82. The molecule has 1 amide bonds. The van der Waals surface area contributed by atoms with Gasteiger partial charge in [-0.1, -0.05) is 41.0 Å². The molecule has 0 saturated heterocycles.